The highest BCUT2D eigenvalue weighted by atomic mass is 16.5. The van der Waals surface area contributed by atoms with Crippen LogP contribution in [-0.4, -0.2) is 39.7 Å². The first kappa shape index (κ1) is 22.8. The monoisotopic (exact) mass is 474 g/mol. The Morgan fingerprint density at radius 2 is 2.06 bits per heavy atom. The van der Waals surface area contributed by atoms with Gasteiger partial charge in [0, 0.05) is 31.9 Å². The van der Waals surface area contributed by atoms with Crippen molar-refractivity contribution in [2.75, 3.05) is 18.5 Å². The zero-order valence-electron chi connectivity index (χ0n) is 19.4. The highest BCUT2D eigenvalue weighted by Gasteiger charge is 2.23. The predicted molar refractivity (Wildman–Crippen MR) is 128 cm³/mol. The number of fused-ring (bicyclic) bond motifs is 2. The fourth-order valence-corrected chi connectivity index (χ4v) is 4.63. The molecule has 0 aromatic carbocycles. The number of nitrogens with zero attached hydrogens (tertiary/aromatic N) is 4. The summed E-state index contributed by atoms with van der Waals surface area (Å²) < 4.78 is 12.8. The molecule has 2 N–H and O–H groups in total. The van der Waals surface area contributed by atoms with E-state index in [4.69, 9.17) is 9.47 Å². The van der Waals surface area contributed by atoms with Crippen LogP contribution in [0.15, 0.2) is 35.3 Å². The van der Waals surface area contributed by atoms with Gasteiger partial charge < -0.3 is 24.7 Å². The fraction of sp³-hybridized carbons (Fsp3) is 0.400. The number of hydrogen-bond donors (Lipinski definition) is 2. The van der Waals surface area contributed by atoms with E-state index in [0.717, 1.165) is 37.1 Å². The molecule has 0 amide bonds. The molecule has 0 radical (unpaired) electrons. The number of nitrogens with one attached hydrogen (secondary N) is 2. The van der Waals surface area contributed by atoms with Gasteiger partial charge in [0.2, 0.25) is 5.88 Å². The molecule has 0 saturated heterocycles. The van der Waals surface area contributed by atoms with Crippen molar-refractivity contribution in [2.24, 2.45) is 13.0 Å². The van der Waals surface area contributed by atoms with Gasteiger partial charge >= 0.3 is 5.97 Å². The molecule has 1 aliphatic carbocycles. The summed E-state index contributed by atoms with van der Waals surface area (Å²) in [6.45, 7) is 1.24. The van der Waals surface area contributed by atoms with Gasteiger partial charge in [-0.1, -0.05) is 0 Å². The van der Waals surface area contributed by atoms with Gasteiger partial charge in [-0.3, -0.25) is 9.78 Å². The van der Waals surface area contributed by atoms with E-state index in [1.807, 2.05) is 12.1 Å². The number of anilines is 1. The largest absolute Gasteiger partial charge is 0.490 e. The Labute approximate surface area is 201 Å². The van der Waals surface area contributed by atoms with E-state index in [1.165, 1.54) is 16.8 Å². The molecule has 1 saturated carbocycles. The Kier molecular flexibility index (Phi) is 6.33. The van der Waals surface area contributed by atoms with Gasteiger partial charge in [-0.15, -0.1) is 0 Å². The van der Waals surface area contributed by atoms with Gasteiger partial charge in [-0.25, -0.2) is 9.78 Å². The predicted octanol–water partition coefficient (Wildman–Crippen LogP) is 2.26. The van der Waals surface area contributed by atoms with Crippen LogP contribution < -0.4 is 25.7 Å². The highest BCUT2D eigenvalue weighted by Crippen LogP contribution is 2.30. The van der Waals surface area contributed by atoms with Gasteiger partial charge in [0.1, 0.15) is 23.7 Å². The SMILES string of the molecule is Cn1c(=O)ccc2ncc(C#N)c(OCC3CCC(NCc4ccc5c(n4)OC(=O)CN5)CC3)c21. The molecular formula is C25H26N6O4. The minimum absolute atomic E-state index is 0.159. The van der Waals surface area contributed by atoms with Crippen molar-refractivity contribution in [1.82, 2.24) is 19.9 Å². The van der Waals surface area contributed by atoms with Crippen molar-refractivity contribution in [1.29, 1.82) is 5.26 Å². The summed E-state index contributed by atoms with van der Waals surface area (Å²) >= 11 is 0. The quantitative estimate of drug-likeness (QED) is 0.516. The second-order valence-electron chi connectivity index (χ2n) is 8.97. The van der Waals surface area contributed by atoms with Crippen LogP contribution in [0, 0.1) is 17.2 Å². The zero-order valence-corrected chi connectivity index (χ0v) is 19.4. The molecule has 2 aliphatic rings. The number of esters is 1. The summed E-state index contributed by atoms with van der Waals surface area (Å²) in [7, 11) is 1.66. The number of ether oxygens (including phenoxy) is 2. The number of nitriles is 1. The topological polar surface area (TPSA) is 131 Å². The van der Waals surface area contributed by atoms with Crippen molar-refractivity contribution in [3.63, 3.8) is 0 Å². The Hall–Kier alpha value is -3.97. The second-order valence-corrected chi connectivity index (χ2v) is 8.97. The van der Waals surface area contributed by atoms with Gasteiger partial charge in [-0.2, -0.15) is 5.26 Å². The first-order valence-electron chi connectivity index (χ1n) is 11.7. The molecule has 10 heteroatoms. The van der Waals surface area contributed by atoms with E-state index >= 15 is 0 Å². The minimum Gasteiger partial charge on any atom is -0.490 e. The Balaban J connectivity index is 1.17. The van der Waals surface area contributed by atoms with E-state index < -0.39 is 0 Å². The van der Waals surface area contributed by atoms with Crippen LogP contribution in [0.25, 0.3) is 11.0 Å². The molecule has 4 heterocycles. The molecule has 35 heavy (non-hydrogen) atoms. The standard InChI is InChI=1S/C25H26N6O4/c1-31-21(32)9-8-19-23(31)24(16(10-26)11-28-19)34-14-15-2-4-17(5-3-15)27-12-18-6-7-20-25(30-18)35-22(33)13-29-20/h6-9,11,15,17,27,29H,2-5,12-14H2,1H3. The molecule has 180 valence electrons. The lowest BCUT2D eigenvalue weighted by molar-refractivity contribution is -0.133. The molecule has 1 fully saturated rings. The van der Waals surface area contributed by atoms with E-state index in [9.17, 15) is 14.9 Å². The van der Waals surface area contributed by atoms with Gasteiger partial charge in [0.15, 0.2) is 5.75 Å². The summed E-state index contributed by atoms with van der Waals surface area (Å²) in [4.78, 5) is 32.3. The second kappa shape index (κ2) is 9.72. The number of aromatic nitrogens is 3. The summed E-state index contributed by atoms with van der Waals surface area (Å²) in [5.74, 6) is 0.779. The molecule has 3 aromatic heterocycles. The van der Waals surface area contributed by atoms with Crippen LogP contribution in [0.3, 0.4) is 0 Å². The van der Waals surface area contributed by atoms with Crippen LogP contribution in [0.4, 0.5) is 5.69 Å². The molecule has 3 aromatic rings. The van der Waals surface area contributed by atoms with Crippen LogP contribution in [0.1, 0.15) is 36.9 Å². The number of aryl methyl sites for hydroxylation is 1. The average molecular weight is 475 g/mol. The van der Waals surface area contributed by atoms with E-state index in [0.29, 0.717) is 53.3 Å². The van der Waals surface area contributed by atoms with Crippen LogP contribution in [0.2, 0.25) is 0 Å². The van der Waals surface area contributed by atoms with Crippen molar-refractivity contribution >= 4 is 22.7 Å². The van der Waals surface area contributed by atoms with Crippen molar-refractivity contribution in [3.05, 3.63) is 52.1 Å². The van der Waals surface area contributed by atoms with Crippen molar-refractivity contribution < 1.29 is 14.3 Å². The van der Waals surface area contributed by atoms with Gasteiger partial charge in [0.05, 0.1) is 23.5 Å². The third kappa shape index (κ3) is 4.81. The number of hydrogen-bond acceptors (Lipinski definition) is 9. The number of rotatable bonds is 6. The van der Waals surface area contributed by atoms with E-state index in [1.54, 1.807) is 13.1 Å². The smallest absolute Gasteiger partial charge is 0.332 e. The normalized spacial score (nSPS) is 19.4. The summed E-state index contributed by atoms with van der Waals surface area (Å²) in [5, 5.41) is 16.1. The number of carbonyl (C=O) groups excluding carboxylic acids is 1. The maximum atomic E-state index is 12.1. The third-order valence-electron chi connectivity index (χ3n) is 6.64. The lowest BCUT2D eigenvalue weighted by Crippen LogP contribution is -2.34. The zero-order chi connectivity index (χ0) is 24.4. The first-order chi connectivity index (χ1) is 17.0. The Morgan fingerprint density at radius 1 is 1.23 bits per heavy atom. The minimum atomic E-state index is -0.334. The molecule has 0 atom stereocenters. The highest BCUT2D eigenvalue weighted by molar-refractivity contribution is 5.84. The molecule has 5 rings (SSSR count). The Morgan fingerprint density at radius 3 is 2.86 bits per heavy atom. The molecule has 0 spiro atoms. The first-order valence-corrected chi connectivity index (χ1v) is 11.7. The average Bonchev–Trinajstić information content (AvgIpc) is 2.88. The molecule has 0 bridgehead atoms. The van der Waals surface area contributed by atoms with Gasteiger partial charge in [-0.05, 0) is 49.8 Å². The van der Waals surface area contributed by atoms with Crippen molar-refractivity contribution in [3.8, 4) is 17.7 Å². The summed E-state index contributed by atoms with van der Waals surface area (Å²) in [6.07, 6.45) is 5.46. The van der Waals surface area contributed by atoms with Crippen LogP contribution >= 0.6 is 0 Å². The van der Waals surface area contributed by atoms with Gasteiger partial charge in [0.25, 0.3) is 5.56 Å². The summed E-state index contributed by atoms with van der Waals surface area (Å²) in [5.41, 5.74) is 2.88. The van der Waals surface area contributed by atoms with Crippen molar-refractivity contribution in [2.45, 2.75) is 38.3 Å². The maximum absolute atomic E-state index is 12.1. The molecule has 10 nitrogen and oxygen atoms in total. The number of pyridine rings is 3. The molecule has 0 unspecified atom stereocenters. The molecule has 1 aliphatic heterocycles. The molecular weight excluding hydrogens is 448 g/mol. The van der Waals surface area contributed by atoms with Crippen LogP contribution in [-0.2, 0) is 18.4 Å². The third-order valence-corrected chi connectivity index (χ3v) is 6.64. The number of carbonyl (C=O) groups is 1. The Bertz CT molecular complexity index is 1370. The van der Waals surface area contributed by atoms with E-state index in [-0.39, 0.29) is 18.1 Å². The van der Waals surface area contributed by atoms with E-state index in [2.05, 4.69) is 26.7 Å². The lowest BCUT2D eigenvalue weighted by Gasteiger charge is -2.29. The maximum Gasteiger partial charge on any atom is 0.332 e. The van der Waals surface area contributed by atoms with Crippen LogP contribution in [0.5, 0.6) is 11.6 Å². The lowest BCUT2D eigenvalue weighted by atomic mass is 9.86. The summed E-state index contributed by atoms with van der Waals surface area (Å²) in [6, 6.07) is 9.42. The fourth-order valence-electron chi connectivity index (χ4n) is 4.63.